The second kappa shape index (κ2) is 10.5. The lowest BCUT2D eigenvalue weighted by atomic mass is 10.0. The second-order valence-electron chi connectivity index (χ2n) is 8.71. The Bertz CT molecular complexity index is 978. The molecule has 2 heterocycles. The van der Waals surface area contributed by atoms with Crippen molar-refractivity contribution >= 4 is 29.1 Å². The number of nitrogens with zero attached hydrogens (tertiary/aromatic N) is 2. The maximum atomic E-state index is 12.9. The number of likely N-dealkylation sites (tertiary alicyclic amines) is 1. The standard InChI is InChI=1S/C25H30ClN3O4/c26-19-6-3-5-18(15-19)21-7-4-14-29(21)25(33)23(31)22(30)24(32)27-16-17-8-10-20(11-9-17)28-12-1-2-13-28/h3,5-6,8-11,15,21-23,30-31H,1-2,4,7,12-14,16H2,(H,27,32)/t21?,22-,23-/m1/s1. The van der Waals surface area contributed by atoms with Gasteiger partial charge in [0.1, 0.15) is 0 Å². The number of hydrogen-bond acceptors (Lipinski definition) is 5. The van der Waals surface area contributed by atoms with Crippen LogP contribution in [0.3, 0.4) is 0 Å². The van der Waals surface area contributed by atoms with Crippen molar-refractivity contribution in [3.8, 4) is 0 Å². The minimum absolute atomic E-state index is 0.200. The Hall–Kier alpha value is -2.61. The molecule has 7 nitrogen and oxygen atoms in total. The zero-order valence-electron chi connectivity index (χ0n) is 18.5. The normalized spacial score (nSPS) is 20.0. The lowest BCUT2D eigenvalue weighted by Gasteiger charge is -2.28. The molecule has 2 fully saturated rings. The van der Waals surface area contributed by atoms with Crippen LogP contribution in [-0.2, 0) is 16.1 Å². The van der Waals surface area contributed by atoms with Gasteiger partial charge in [-0.2, -0.15) is 0 Å². The molecule has 0 radical (unpaired) electrons. The van der Waals surface area contributed by atoms with Gasteiger partial charge in [-0.25, -0.2) is 0 Å². The van der Waals surface area contributed by atoms with Crippen LogP contribution in [0, 0.1) is 0 Å². The highest BCUT2D eigenvalue weighted by Gasteiger charge is 2.38. The molecule has 3 N–H and O–H groups in total. The first kappa shape index (κ1) is 23.5. The summed E-state index contributed by atoms with van der Waals surface area (Å²) < 4.78 is 0. The molecule has 0 spiro atoms. The fraction of sp³-hybridized carbons (Fsp3) is 0.440. The van der Waals surface area contributed by atoms with Crippen LogP contribution < -0.4 is 10.2 Å². The van der Waals surface area contributed by atoms with Crippen molar-refractivity contribution < 1.29 is 19.8 Å². The molecular formula is C25H30ClN3O4. The van der Waals surface area contributed by atoms with Gasteiger partial charge in [-0.1, -0.05) is 35.9 Å². The molecule has 0 aliphatic carbocycles. The minimum atomic E-state index is -1.85. The Morgan fingerprint density at radius 3 is 2.42 bits per heavy atom. The number of halogens is 1. The third-order valence-corrected chi connectivity index (χ3v) is 6.70. The number of nitrogens with one attached hydrogen (secondary N) is 1. The van der Waals surface area contributed by atoms with Crippen LogP contribution in [0.1, 0.15) is 42.9 Å². The van der Waals surface area contributed by atoms with Crippen LogP contribution in [0.25, 0.3) is 0 Å². The number of carbonyl (C=O) groups excluding carboxylic acids is 2. The molecule has 0 bridgehead atoms. The number of carbonyl (C=O) groups is 2. The number of anilines is 1. The molecular weight excluding hydrogens is 442 g/mol. The molecule has 1 unspecified atom stereocenters. The number of hydrogen-bond donors (Lipinski definition) is 3. The summed E-state index contributed by atoms with van der Waals surface area (Å²) in [6.07, 6.45) is 0.228. The van der Waals surface area contributed by atoms with Gasteiger partial charge in [-0.3, -0.25) is 9.59 Å². The van der Waals surface area contributed by atoms with Crippen molar-refractivity contribution in [3.05, 3.63) is 64.7 Å². The van der Waals surface area contributed by atoms with Gasteiger partial charge < -0.3 is 25.3 Å². The van der Waals surface area contributed by atoms with E-state index in [2.05, 4.69) is 10.2 Å². The van der Waals surface area contributed by atoms with Crippen molar-refractivity contribution in [1.82, 2.24) is 10.2 Å². The monoisotopic (exact) mass is 471 g/mol. The topological polar surface area (TPSA) is 93.1 Å². The predicted molar refractivity (Wildman–Crippen MR) is 127 cm³/mol. The average Bonchev–Trinajstić information content (AvgIpc) is 3.54. The molecule has 176 valence electrons. The Balaban J connectivity index is 1.32. The van der Waals surface area contributed by atoms with E-state index in [4.69, 9.17) is 11.6 Å². The van der Waals surface area contributed by atoms with E-state index in [0.29, 0.717) is 11.6 Å². The third kappa shape index (κ3) is 5.49. The van der Waals surface area contributed by atoms with Crippen molar-refractivity contribution in [2.24, 2.45) is 0 Å². The van der Waals surface area contributed by atoms with Gasteiger partial charge in [0.25, 0.3) is 11.8 Å². The van der Waals surface area contributed by atoms with Crippen LogP contribution in [0.4, 0.5) is 5.69 Å². The van der Waals surface area contributed by atoms with E-state index >= 15 is 0 Å². The Labute approximate surface area is 199 Å². The fourth-order valence-electron chi connectivity index (χ4n) is 4.63. The molecule has 8 heteroatoms. The Morgan fingerprint density at radius 1 is 1.00 bits per heavy atom. The van der Waals surface area contributed by atoms with Crippen LogP contribution in [0.5, 0.6) is 0 Å². The van der Waals surface area contributed by atoms with Crippen molar-refractivity contribution in [2.45, 2.75) is 50.5 Å². The molecule has 2 aliphatic rings. The summed E-state index contributed by atoms with van der Waals surface area (Å²) in [5.41, 5.74) is 2.90. The van der Waals surface area contributed by atoms with E-state index in [0.717, 1.165) is 42.7 Å². The summed E-state index contributed by atoms with van der Waals surface area (Å²) in [5.74, 6) is -1.44. The summed E-state index contributed by atoms with van der Waals surface area (Å²) in [5, 5.41) is 24.0. The van der Waals surface area contributed by atoms with Gasteiger partial charge in [-0.05, 0) is 61.1 Å². The number of rotatable bonds is 7. The zero-order valence-corrected chi connectivity index (χ0v) is 19.2. The molecule has 0 aromatic heterocycles. The highest BCUT2D eigenvalue weighted by atomic mass is 35.5. The van der Waals surface area contributed by atoms with Crippen LogP contribution in [0.2, 0.25) is 5.02 Å². The van der Waals surface area contributed by atoms with Crippen LogP contribution >= 0.6 is 11.6 Å². The predicted octanol–water partition coefficient (Wildman–Crippen LogP) is 2.64. The van der Waals surface area contributed by atoms with Crippen LogP contribution in [0.15, 0.2) is 48.5 Å². The van der Waals surface area contributed by atoms with Crippen molar-refractivity contribution in [2.75, 3.05) is 24.5 Å². The van der Waals surface area contributed by atoms with Gasteiger partial charge in [0.15, 0.2) is 12.2 Å². The van der Waals surface area contributed by atoms with E-state index < -0.39 is 24.0 Å². The third-order valence-electron chi connectivity index (χ3n) is 6.46. The van der Waals surface area contributed by atoms with Gasteiger partial charge in [0.05, 0.1) is 6.04 Å². The van der Waals surface area contributed by atoms with E-state index in [1.807, 2.05) is 36.4 Å². The lowest BCUT2D eigenvalue weighted by Crippen LogP contribution is -2.50. The molecule has 2 saturated heterocycles. The Kier molecular flexibility index (Phi) is 7.53. The van der Waals surface area contributed by atoms with Gasteiger partial charge in [-0.15, -0.1) is 0 Å². The first-order chi connectivity index (χ1) is 15.9. The summed E-state index contributed by atoms with van der Waals surface area (Å²) >= 11 is 6.08. The first-order valence-electron chi connectivity index (χ1n) is 11.5. The minimum Gasteiger partial charge on any atom is -0.380 e. The molecule has 2 aromatic rings. The maximum Gasteiger partial charge on any atom is 0.255 e. The van der Waals surface area contributed by atoms with E-state index in [-0.39, 0.29) is 12.6 Å². The number of benzene rings is 2. The molecule has 33 heavy (non-hydrogen) atoms. The molecule has 4 rings (SSSR count). The van der Waals surface area contributed by atoms with E-state index in [1.165, 1.54) is 17.7 Å². The van der Waals surface area contributed by atoms with E-state index in [1.54, 1.807) is 12.1 Å². The summed E-state index contributed by atoms with van der Waals surface area (Å²) in [6.45, 7) is 2.77. The van der Waals surface area contributed by atoms with Gasteiger partial charge >= 0.3 is 0 Å². The highest BCUT2D eigenvalue weighted by molar-refractivity contribution is 6.30. The maximum absolute atomic E-state index is 12.9. The SMILES string of the molecule is O=C(NCc1ccc(N2CCCC2)cc1)[C@H](O)[C@@H](O)C(=O)N1CCCC1c1cccc(Cl)c1. The molecule has 3 atom stereocenters. The average molecular weight is 472 g/mol. The fourth-order valence-corrected chi connectivity index (χ4v) is 4.83. The summed E-state index contributed by atoms with van der Waals surface area (Å²) in [6, 6.07) is 14.9. The first-order valence-corrected chi connectivity index (χ1v) is 11.9. The molecule has 2 aromatic carbocycles. The quantitative estimate of drug-likeness (QED) is 0.577. The van der Waals surface area contributed by atoms with E-state index in [9.17, 15) is 19.8 Å². The van der Waals surface area contributed by atoms with Crippen molar-refractivity contribution in [1.29, 1.82) is 0 Å². The Morgan fingerprint density at radius 2 is 1.73 bits per heavy atom. The van der Waals surface area contributed by atoms with Crippen molar-refractivity contribution in [3.63, 3.8) is 0 Å². The summed E-state index contributed by atoms with van der Waals surface area (Å²) in [4.78, 5) is 29.2. The zero-order chi connectivity index (χ0) is 23.4. The number of aliphatic hydroxyl groups is 2. The molecule has 2 amide bonds. The molecule has 2 aliphatic heterocycles. The molecule has 0 saturated carbocycles. The second-order valence-corrected chi connectivity index (χ2v) is 9.15. The summed E-state index contributed by atoms with van der Waals surface area (Å²) in [7, 11) is 0. The van der Waals surface area contributed by atoms with Gasteiger partial charge in [0, 0.05) is 36.9 Å². The number of amides is 2. The van der Waals surface area contributed by atoms with Gasteiger partial charge in [0.2, 0.25) is 0 Å². The number of aliphatic hydroxyl groups excluding tert-OH is 2. The highest BCUT2D eigenvalue weighted by Crippen LogP contribution is 2.33. The largest absolute Gasteiger partial charge is 0.380 e. The smallest absolute Gasteiger partial charge is 0.255 e. The van der Waals surface area contributed by atoms with Crippen LogP contribution in [-0.4, -0.2) is 58.8 Å². The lowest BCUT2D eigenvalue weighted by molar-refractivity contribution is -0.153.